The van der Waals surface area contributed by atoms with E-state index in [9.17, 15) is 14.9 Å². The van der Waals surface area contributed by atoms with Gasteiger partial charge in [-0.15, -0.1) is 11.3 Å². The Labute approximate surface area is 149 Å². The lowest BCUT2D eigenvalue weighted by molar-refractivity contribution is -0.384. The van der Waals surface area contributed by atoms with Gasteiger partial charge in [-0.25, -0.2) is 4.68 Å². The molecule has 0 aliphatic carbocycles. The second kappa shape index (κ2) is 6.83. The van der Waals surface area contributed by atoms with E-state index >= 15 is 0 Å². The Kier molecular flexibility index (Phi) is 4.76. The van der Waals surface area contributed by atoms with E-state index in [4.69, 9.17) is 0 Å². The first-order valence-electron chi connectivity index (χ1n) is 8.17. The number of carbonyl (C=O) groups is 1. The predicted molar refractivity (Wildman–Crippen MR) is 96.4 cm³/mol. The van der Waals surface area contributed by atoms with Crippen molar-refractivity contribution in [1.82, 2.24) is 15.1 Å². The van der Waals surface area contributed by atoms with Crippen LogP contribution in [-0.2, 0) is 7.05 Å². The average molecular weight is 363 g/mol. The van der Waals surface area contributed by atoms with Crippen molar-refractivity contribution in [2.75, 3.05) is 18.0 Å². The van der Waals surface area contributed by atoms with E-state index in [0.717, 1.165) is 22.6 Å². The van der Waals surface area contributed by atoms with Gasteiger partial charge in [0.2, 0.25) is 5.82 Å². The van der Waals surface area contributed by atoms with Crippen molar-refractivity contribution in [3.63, 3.8) is 0 Å². The molecule has 1 saturated heterocycles. The van der Waals surface area contributed by atoms with Crippen LogP contribution in [0.2, 0.25) is 0 Å². The highest BCUT2D eigenvalue weighted by Gasteiger charge is 2.31. The predicted octanol–water partition coefficient (Wildman–Crippen LogP) is 2.41. The van der Waals surface area contributed by atoms with Crippen molar-refractivity contribution < 1.29 is 9.72 Å². The second-order valence-corrected chi connectivity index (χ2v) is 7.57. The molecule has 134 valence electrons. The molecule has 0 saturated carbocycles. The largest absolute Gasteiger partial charge is 0.351 e. The molecule has 25 heavy (non-hydrogen) atoms. The Morgan fingerprint density at radius 2 is 2.04 bits per heavy atom. The minimum atomic E-state index is -0.370. The first-order chi connectivity index (χ1) is 11.9. The van der Waals surface area contributed by atoms with Crippen molar-refractivity contribution in [3.8, 4) is 0 Å². The molecule has 8 nitrogen and oxygen atoms in total. The summed E-state index contributed by atoms with van der Waals surface area (Å²) in [7, 11) is 1.72. The Balaban J connectivity index is 1.65. The minimum Gasteiger partial charge on any atom is -0.351 e. The third-order valence-electron chi connectivity index (χ3n) is 4.44. The molecule has 3 rings (SSSR count). The van der Waals surface area contributed by atoms with Gasteiger partial charge in [0.25, 0.3) is 5.91 Å². The molecule has 1 aliphatic rings. The monoisotopic (exact) mass is 363 g/mol. The van der Waals surface area contributed by atoms with Crippen LogP contribution in [0.15, 0.2) is 12.1 Å². The Bertz CT molecular complexity index is 805. The number of rotatable bonds is 4. The molecule has 1 fully saturated rings. The zero-order chi connectivity index (χ0) is 18.1. The fraction of sp³-hybridized carbons (Fsp3) is 0.500. The van der Waals surface area contributed by atoms with Crippen LogP contribution in [0, 0.1) is 24.0 Å². The summed E-state index contributed by atoms with van der Waals surface area (Å²) in [6, 6.07) is 3.86. The van der Waals surface area contributed by atoms with Gasteiger partial charge in [0, 0.05) is 31.1 Å². The second-order valence-electron chi connectivity index (χ2n) is 6.28. The van der Waals surface area contributed by atoms with Gasteiger partial charge in [-0.2, -0.15) is 5.10 Å². The molecule has 0 unspecified atom stereocenters. The third kappa shape index (κ3) is 3.51. The highest BCUT2D eigenvalue weighted by Crippen LogP contribution is 2.32. The molecule has 1 N–H and O–H groups in total. The molecule has 0 atom stereocenters. The van der Waals surface area contributed by atoms with Crippen molar-refractivity contribution in [1.29, 1.82) is 0 Å². The van der Waals surface area contributed by atoms with Gasteiger partial charge in [0.1, 0.15) is 5.69 Å². The molecule has 0 aromatic carbocycles. The number of nitrogens with zero attached hydrogens (tertiary/aromatic N) is 4. The van der Waals surface area contributed by atoms with Crippen LogP contribution in [0.3, 0.4) is 0 Å². The Hall–Kier alpha value is -2.42. The zero-order valence-electron chi connectivity index (χ0n) is 14.5. The van der Waals surface area contributed by atoms with Crippen LogP contribution in [0.5, 0.6) is 0 Å². The number of carbonyl (C=O) groups excluding carboxylic acids is 1. The summed E-state index contributed by atoms with van der Waals surface area (Å²) in [6.07, 6.45) is 1.49. The molecule has 0 bridgehead atoms. The summed E-state index contributed by atoms with van der Waals surface area (Å²) in [6.45, 7) is 4.92. The zero-order valence-corrected chi connectivity index (χ0v) is 15.3. The number of hydrogen-bond donors (Lipinski definition) is 1. The van der Waals surface area contributed by atoms with Gasteiger partial charge in [-0.1, -0.05) is 0 Å². The molecule has 1 amide bonds. The minimum absolute atomic E-state index is 0.0427. The standard InChI is InChI=1S/C16H21N5O3S/c1-10-4-5-13(25-10)15(22)17-12-6-8-20(9-7-12)16-14(21(23)24)11(2)18-19(16)3/h4-5,12H,6-9H2,1-3H3,(H,17,22). The molecular formula is C16H21N5O3S. The number of piperidine rings is 1. The summed E-state index contributed by atoms with van der Waals surface area (Å²) >= 11 is 1.48. The lowest BCUT2D eigenvalue weighted by Gasteiger charge is -2.33. The maximum Gasteiger partial charge on any atom is 0.333 e. The van der Waals surface area contributed by atoms with Gasteiger partial charge in [0.15, 0.2) is 0 Å². The fourth-order valence-electron chi connectivity index (χ4n) is 3.25. The fourth-order valence-corrected chi connectivity index (χ4v) is 4.02. The topological polar surface area (TPSA) is 93.3 Å². The molecule has 1 aliphatic heterocycles. The van der Waals surface area contributed by atoms with Gasteiger partial charge >= 0.3 is 5.69 Å². The van der Waals surface area contributed by atoms with Crippen LogP contribution in [0.1, 0.15) is 33.1 Å². The summed E-state index contributed by atoms with van der Waals surface area (Å²) in [5, 5.41) is 18.6. The maximum atomic E-state index is 12.3. The smallest absolute Gasteiger partial charge is 0.333 e. The number of aryl methyl sites for hydroxylation is 3. The number of thiophene rings is 1. The normalized spacial score (nSPS) is 15.4. The van der Waals surface area contributed by atoms with E-state index < -0.39 is 0 Å². The van der Waals surface area contributed by atoms with Crippen LogP contribution in [0.4, 0.5) is 11.5 Å². The summed E-state index contributed by atoms with van der Waals surface area (Å²) in [5.74, 6) is 0.500. The van der Waals surface area contributed by atoms with Gasteiger partial charge in [-0.3, -0.25) is 14.9 Å². The number of nitrogens with one attached hydrogen (secondary N) is 1. The van der Waals surface area contributed by atoms with E-state index in [-0.39, 0.29) is 22.6 Å². The quantitative estimate of drug-likeness (QED) is 0.665. The van der Waals surface area contributed by atoms with Gasteiger partial charge in [-0.05, 0) is 38.8 Å². The summed E-state index contributed by atoms with van der Waals surface area (Å²) < 4.78 is 1.57. The maximum absolute atomic E-state index is 12.3. The number of aromatic nitrogens is 2. The van der Waals surface area contributed by atoms with Crippen molar-refractivity contribution in [2.24, 2.45) is 7.05 Å². The van der Waals surface area contributed by atoms with E-state index in [2.05, 4.69) is 10.4 Å². The Morgan fingerprint density at radius 3 is 2.60 bits per heavy atom. The Morgan fingerprint density at radius 1 is 1.36 bits per heavy atom. The lowest BCUT2D eigenvalue weighted by Crippen LogP contribution is -2.45. The van der Waals surface area contributed by atoms with Crippen LogP contribution >= 0.6 is 11.3 Å². The van der Waals surface area contributed by atoms with E-state index in [0.29, 0.717) is 24.6 Å². The van der Waals surface area contributed by atoms with Crippen molar-refractivity contribution in [2.45, 2.75) is 32.7 Å². The van der Waals surface area contributed by atoms with Crippen molar-refractivity contribution in [3.05, 3.63) is 37.7 Å². The molecule has 0 radical (unpaired) electrons. The lowest BCUT2D eigenvalue weighted by atomic mass is 10.0. The molecule has 2 aromatic heterocycles. The van der Waals surface area contributed by atoms with E-state index in [1.54, 1.807) is 18.7 Å². The van der Waals surface area contributed by atoms with Crippen LogP contribution < -0.4 is 10.2 Å². The first-order valence-corrected chi connectivity index (χ1v) is 8.98. The van der Waals surface area contributed by atoms with E-state index in [1.807, 2.05) is 24.0 Å². The highest BCUT2D eigenvalue weighted by atomic mass is 32.1. The van der Waals surface area contributed by atoms with Crippen LogP contribution in [0.25, 0.3) is 0 Å². The summed E-state index contributed by atoms with van der Waals surface area (Å²) in [4.78, 5) is 27.0. The number of nitro groups is 1. The molecule has 3 heterocycles. The molecular weight excluding hydrogens is 342 g/mol. The van der Waals surface area contributed by atoms with E-state index in [1.165, 1.54) is 11.3 Å². The number of amides is 1. The number of hydrogen-bond acceptors (Lipinski definition) is 6. The highest BCUT2D eigenvalue weighted by molar-refractivity contribution is 7.13. The number of anilines is 1. The molecule has 2 aromatic rings. The molecule has 0 spiro atoms. The van der Waals surface area contributed by atoms with Gasteiger partial charge in [0.05, 0.1) is 9.80 Å². The average Bonchev–Trinajstić information content (AvgIpc) is 3.11. The summed E-state index contributed by atoms with van der Waals surface area (Å²) in [5.41, 5.74) is 0.491. The van der Waals surface area contributed by atoms with Crippen LogP contribution in [-0.4, -0.2) is 39.7 Å². The van der Waals surface area contributed by atoms with Gasteiger partial charge < -0.3 is 10.2 Å². The third-order valence-corrected chi connectivity index (χ3v) is 5.44. The first kappa shape index (κ1) is 17.4. The van der Waals surface area contributed by atoms with Crippen molar-refractivity contribution >= 4 is 28.7 Å². The SMILES string of the molecule is Cc1ccc(C(=O)NC2CCN(c3c([N+](=O)[O-])c(C)nn3C)CC2)s1. The molecule has 9 heteroatoms.